The van der Waals surface area contributed by atoms with Gasteiger partial charge in [0, 0.05) is 30.8 Å². The highest BCUT2D eigenvalue weighted by Crippen LogP contribution is 2.21. The van der Waals surface area contributed by atoms with Crippen LogP contribution in [-0.4, -0.2) is 40.9 Å². The lowest BCUT2D eigenvalue weighted by Crippen LogP contribution is -2.45. The van der Waals surface area contributed by atoms with Crippen LogP contribution in [0.25, 0.3) is 11.3 Å². The standard InChI is InChI=1S/C20H27N3O3/c1-20(2,3)25-19(24)21-16-9-11-23(12-10-16)14-17-13-18(22-26-17)15-7-5-4-6-8-15/h4-8,13,16H,9-12,14H2,1-3H3,(H,21,24). The molecule has 3 rings (SSSR count). The summed E-state index contributed by atoms with van der Waals surface area (Å²) in [7, 11) is 0. The smallest absolute Gasteiger partial charge is 0.407 e. The lowest BCUT2D eigenvalue weighted by atomic mass is 10.1. The van der Waals surface area contributed by atoms with Gasteiger partial charge in [-0.3, -0.25) is 4.90 Å². The zero-order chi connectivity index (χ0) is 18.6. The molecule has 0 radical (unpaired) electrons. The van der Waals surface area contributed by atoms with E-state index >= 15 is 0 Å². The Bertz CT molecular complexity index is 713. The van der Waals surface area contributed by atoms with E-state index in [1.54, 1.807) is 0 Å². The summed E-state index contributed by atoms with van der Waals surface area (Å²) in [5, 5.41) is 7.13. The van der Waals surface area contributed by atoms with Gasteiger partial charge in [-0.2, -0.15) is 0 Å². The van der Waals surface area contributed by atoms with Gasteiger partial charge in [-0.05, 0) is 33.6 Å². The highest BCUT2D eigenvalue weighted by atomic mass is 16.6. The number of rotatable bonds is 4. The number of piperidine rings is 1. The van der Waals surface area contributed by atoms with Gasteiger partial charge in [-0.25, -0.2) is 4.79 Å². The Hall–Kier alpha value is -2.34. The number of benzene rings is 1. The van der Waals surface area contributed by atoms with Gasteiger partial charge in [0.25, 0.3) is 0 Å². The van der Waals surface area contributed by atoms with Gasteiger partial charge in [0.1, 0.15) is 11.3 Å². The zero-order valence-electron chi connectivity index (χ0n) is 15.7. The summed E-state index contributed by atoms with van der Waals surface area (Å²) in [6, 6.07) is 12.2. The summed E-state index contributed by atoms with van der Waals surface area (Å²) in [5.74, 6) is 0.863. The molecular formula is C20H27N3O3. The number of alkyl carbamates (subject to hydrolysis) is 1. The Morgan fingerprint density at radius 2 is 1.96 bits per heavy atom. The highest BCUT2D eigenvalue weighted by Gasteiger charge is 2.24. The van der Waals surface area contributed by atoms with Gasteiger partial charge in [0.2, 0.25) is 0 Å². The number of amides is 1. The van der Waals surface area contributed by atoms with Crippen LogP contribution in [0.2, 0.25) is 0 Å². The van der Waals surface area contributed by atoms with Crippen LogP contribution in [0.4, 0.5) is 4.79 Å². The molecule has 1 aromatic carbocycles. The minimum atomic E-state index is -0.465. The summed E-state index contributed by atoms with van der Waals surface area (Å²) in [4.78, 5) is 14.2. The van der Waals surface area contributed by atoms with E-state index < -0.39 is 5.60 Å². The molecule has 26 heavy (non-hydrogen) atoms. The van der Waals surface area contributed by atoms with Crippen molar-refractivity contribution in [2.45, 2.75) is 51.8 Å². The molecule has 0 atom stereocenters. The van der Waals surface area contributed by atoms with Crippen molar-refractivity contribution in [2.24, 2.45) is 0 Å². The molecule has 1 aliphatic heterocycles. The SMILES string of the molecule is CC(C)(C)OC(=O)NC1CCN(Cc2cc(-c3ccccc3)no2)CC1. The van der Waals surface area contributed by atoms with Crippen molar-refractivity contribution >= 4 is 6.09 Å². The van der Waals surface area contributed by atoms with Gasteiger partial charge in [0.15, 0.2) is 5.76 Å². The van der Waals surface area contributed by atoms with E-state index in [1.807, 2.05) is 57.2 Å². The molecule has 1 saturated heterocycles. The van der Waals surface area contributed by atoms with E-state index in [0.29, 0.717) is 0 Å². The minimum Gasteiger partial charge on any atom is -0.444 e. The fraction of sp³-hybridized carbons (Fsp3) is 0.500. The first-order valence-corrected chi connectivity index (χ1v) is 9.12. The van der Waals surface area contributed by atoms with Crippen LogP contribution in [0.1, 0.15) is 39.4 Å². The lowest BCUT2D eigenvalue weighted by Gasteiger charge is -2.32. The summed E-state index contributed by atoms with van der Waals surface area (Å²) >= 11 is 0. The number of nitrogens with one attached hydrogen (secondary N) is 1. The maximum absolute atomic E-state index is 11.9. The lowest BCUT2D eigenvalue weighted by molar-refractivity contribution is 0.0475. The third-order valence-electron chi connectivity index (χ3n) is 4.32. The monoisotopic (exact) mass is 357 g/mol. The molecule has 2 aromatic rings. The van der Waals surface area contributed by atoms with Crippen molar-refractivity contribution in [3.8, 4) is 11.3 Å². The van der Waals surface area contributed by atoms with Gasteiger partial charge in [-0.15, -0.1) is 0 Å². The van der Waals surface area contributed by atoms with Crippen molar-refractivity contribution in [3.63, 3.8) is 0 Å². The van der Waals surface area contributed by atoms with E-state index in [-0.39, 0.29) is 12.1 Å². The van der Waals surface area contributed by atoms with Crippen LogP contribution in [-0.2, 0) is 11.3 Å². The maximum atomic E-state index is 11.9. The average molecular weight is 357 g/mol. The van der Waals surface area contributed by atoms with E-state index in [9.17, 15) is 4.79 Å². The quantitative estimate of drug-likeness (QED) is 0.901. The second-order valence-electron chi connectivity index (χ2n) is 7.74. The third-order valence-corrected chi connectivity index (χ3v) is 4.32. The van der Waals surface area contributed by atoms with Crippen molar-refractivity contribution in [2.75, 3.05) is 13.1 Å². The Morgan fingerprint density at radius 3 is 2.62 bits per heavy atom. The van der Waals surface area contributed by atoms with Crippen molar-refractivity contribution in [1.82, 2.24) is 15.4 Å². The average Bonchev–Trinajstić information content (AvgIpc) is 3.04. The second kappa shape index (κ2) is 7.91. The summed E-state index contributed by atoms with van der Waals surface area (Å²) in [6.45, 7) is 8.16. The molecular weight excluding hydrogens is 330 g/mol. The highest BCUT2D eigenvalue weighted by molar-refractivity contribution is 5.68. The number of likely N-dealkylation sites (tertiary alicyclic amines) is 1. The molecule has 0 saturated carbocycles. The Kier molecular flexibility index (Phi) is 5.61. The largest absolute Gasteiger partial charge is 0.444 e. The molecule has 0 spiro atoms. The first kappa shape index (κ1) is 18.5. The van der Waals surface area contributed by atoms with E-state index in [2.05, 4.69) is 15.4 Å². The van der Waals surface area contributed by atoms with E-state index in [1.165, 1.54) is 0 Å². The van der Waals surface area contributed by atoms with Crippen LogP contribution in [0, 0.1) is 0 Å². The summed E-state index contributed by atoms with van der Waals surface area (Å²) < 4.78 is 10.8. The number of nitrogens with zero attached hydrogens (tertiary/aromatic N) is 2. The molecule has 1 aliphatic rings. The predicted octanol–water partition coefficient (Wildman–Crippen LogP) is 3.83. The molecule has 2 heterocycles. The fourth-order valence-electron chi connectivity index (χ4n) is 3.06. The van der Waals surface area contributed by atoms with Crippen LogP contribution < -0.4 is 5.32 Å². The number of hydrogen-bond donors (Lipinski definition) is 1. The molecule has 6 heteroatoms. The van der Waals surface area contributed by atoms with Gasteiger partial charge < -0.3 is 14.6 Å². The normalized spacial score (nSPS) is 16.4. The summed E-state index contributed by atoms with van der Waals surface area (Å²) in [5.41, 5.74) is 1.46. The Balaban J connectivity index is 1.46. The van der Waals surface area contributed by atoms with Crippen LogP contribution in [0.5, 0.6) is 0 Å². The molecule has 1 N–H and O–H groups in total. The topological polar surface area (TPSA) is 67.6 Å². The van der Waals surface area contributed by atoms with Crippen LogP contribution in [0.15, 0.2) is 40.9 Å². The van der Waals surface area contributed by atoms with Crippen molar-refractivity contribution in [3.05, 3.63) is 42.2 Å². The number of hydrogen-bond acceptors (Lipinski definition) is 5. The first-order chi connectivity index (χ1) is 12.4. The predicted molar refractivity (Wildman–Crippen MR) is 99.6 cm³/mol. The van der Waals surface area contributed by atoms with Crippen molar-refractivity contribution < 1.29 is 14.1 Å². The molecule has 0 bridgehead atoms. The Labute approximate surface area is 154 Å². The number of carbonyl (C=O) groups is 1. The van der Waals surface area contributed by atoms with Crippen LogP contribution in [0.3, 0.4) is 0 Å². The Morgan fingerprint density at radius 1 is 1.27 bits per heavy atom. The summed E-state index contributed by atoms with van der Waals surface area (Å²) in [6.07, 6.45) is 1.47. The third kappa shape index (κ3) is 5.33. The minimum absolute atomic E-state index is 0.163. The maximum Gasteiger partial charge on any atom is 0.407 e. The van der Waals surface area contributed by atoms with Gasteiger partial charge in [0.05, 0.1) is 6.54 Å². The first-order valence-electron chi connectivity index (χ1n) is 9.12. The zero-order valence-corrected chi connectivity index (χ0v) is 15.7. The molecule has 0 aliphatic carbocycles. The molecule has 0 unspecified atom stereocenters. The molecule has 140 valence electrons. The molecule has 1 fully saturated rings. The number of carbonyl (C=O) groups excluding carboxylic acids is 1. The molecule has 6 nitrogen and oxygen atoms in total. The van der Waals surface area contributed by atoms with E-state index in [4.69, 9.17) is 9.26 Å². The fourth-order valence-corrected chi connectivity index (χ4v) is 3.06. The molecule has 1 aromatic heterocycles. The van der Waals surface area contributed by atoms with Gasteiger partial charge in [-0.1, -0.05) is 35.5 Å². The van der Waals surface area contributed by atoms with E-state index in [0.717, 1.165) is 49.5 Å². The molecule has 1 amide bonds. The van der Waals surface area contributed by atoms with Crippen LogP contribution >= 0.6 is 0 Å². The van der Waals surface area contributed by atoms with Gasteiger partial charge >= 0.3 is 6.09 Å². The van der Waals surface area contributed by atoms with Crippen molar-refractivity contribution in [1.29, 1.82) is 0 Å². The number of ether oxygens (including phenoxy) is 1. The number of aromatic nitrogens is 1. The second-order valence-corrected chi connectivity index (χ2v) is 7.74.